The van der Waals surface area contributed by atoms with Crippen LogP contribution in [0.5, 0.6) is 0 Å². The second kappa shape index (κ2) is 20.3. The molecule has 0 aromatic rings. The molecule has 0 amide bonds. The van der Waals surface area contributed by atoms with Crippen LogP contribution in [0.1, 0.15) is 39.0 Å². The van der Waals surface area contributed by atoms with Crippen LogP contribution >= 0.6 is 0 Å². The van der Waals surface area contributed by atoms with Crippen LogP contribution in [-0.2, 0) is 28.5 Å². The van der Waals surface area contributed by atoms with Crippen molar-refractivity contribution < 1.29 is 28.5 Å². The summed E-state index contributed by atoms with van der Waals surface area (Å²) in [6.45, 7) is 7.07. The lowest BCUT2D eigenvalue weighted by Crippen LogP contribution is -2.15. The average Bonchev–Trinajstić information content (AvgIpc) is 2.59. The summed E-state index contributed by atoms with van der Waals surface area (Å²) in [6.07, 6.45) is 4.83. The van der Waals surface area contributed by atoms with Gasteiger partial charge in [-0.25, -0.2) is 0 Å². The Balaban J connectivity index is 3.08. The lowest BCUT2D eigenvalue weighted by Gasteiger charge is -2.08. The van der Waals surface area contributed by atoms with Crippen molar-refractivity contribution in [1.82, 2.24) is 0 Å². The Hall–Kier alpha value is -0.730. The summed E-state index contributed by atoms with van der Waals surface area (Å²) in [5, 5.41) is 0. The molecule has 0 unspecified atom stereocenters. The summed E-state index contributed by atoms with van der Waals surface area (Å²) in [7, 11) is 0. The molecule has 7 nitrogen and oxygen atoms in total. The van der Waals surface area contributed by atoms with Gasteiger partial charge < -0.3 is 29.4 Å². The molecule has 144 valence electrons. The monoisotopic (exact) mass is 349 g/mol. The Morgan fingerprint density at radius 1 is 0.708 bits per heavy atom. The molecule has 0 aliphatic carbocycles. The smallest absolute Gasteiger partial charge is 0.305 e. The van der Waals surface area contributed by atoms with E-state index in [1.54, 1.807) is 0 Å². The van der Waals surface area contributed by atoms with Crippen LogP contribution in [0.25, 0.3) is 0 Å². The van der Waals surface area contributed by atoms with Gasteiger partial charge in [0.15, 0.2) is 0 Å². The van der Waals surface area contributed by atoms with Gasteiger partial charge >= 0.3 is 5.97 Å². The van der Waals surface area contributed by atoms with Crippen LogP contribution < -0.4 is 5.73 Å². The van der Waals surface area contributed by atoms with E-state index in [9.17, 15) is 4.79 Å². The molecule has 24 heavy (non-hydrogen) atoms. The van der Waals surface area contributed by atoms with E-state index in [0.717, 1.165) is 12.8 Å². The molecule has 0 saturated heterocycles. The van der Waals surface area contributed by atoms with E-state index in [2.05, 4.69) is 6.92 Å². The van der Waals surface area contributed by atoms with Gasteiger partial charge in [-0.15, -0.1) is 0 Å². The maximum Gasteiger partial charge on any atom is 0.305 e. The van der Waals surface area contributed by atoms with Gasteiger partial charge in [-0.2, -0.15) is 0 Å². The number of carbonyl (C=O) groups is 1. The third-order valence-corrected chi connectivity index (χ3v) is 3.10. The van der Waals surface area contributed by atoms with Crippen LogP contribution in [0.15, 0.2) is 0 Å². The Morgan fingerprint density at radius 2 is 1.21 bits per heavy atom. The maximum absolute atomic E-state index is 11.4. The molecule has 0 bridgehead atoms. The molecule has 7 heteroatoms. The van der Waals surface area contributed by atoms with Crippen molar-refractivity contribution in [2.45, 2.75) is 39.0 Å². The molecule has 0 aromatic heterocycles. The van der Waals surface area contributed by atoms with E-state index in [0.29, 0.717) is 72.4 Å². The van der Waals surface area contributed by atoms with E-state index in [-0.39, 0.29) is 5.97 Å². The fourth-order valence-corrected chi connectivity index (χ4v) is 1.83. The summed E-state index contributed by atoms with van der Waals surface area (Å²) in [6, 6.07) is 0. The van der Waals surface area contributed by atoms with Crippen molar-refractivity contribution in [2.75, 3.05) is 66.0 Å². The summed E-state index contributed by atoms with van der Waals surface area (Å²) >= 11 is 0. The molecular weight excluding hydrogens is 314 g/mol. The first-order chi connectivity index (χ1) is 11.8. The van der Waals surface area contributed by atoms with Gasteiger partial charge in [-0.05, 0) is 6.42 Å². The number of ether oxygens (including phenoxy) is 5. The molecule has 0 saturated carbocycles. The van der Waals surface area contributed by atoms with Gasteiger partial charge in [0.1, 0.15) is 6.61 Å². The van der Waals surface area contributed by atoms with Gasteiger partial charge in [0.05, 0.1) is 52.9 Å². The molecular formula is C17H35NO6. The SMILES string of the molecule is CCCCCCC(=O)OCCOCCOCCOCCOCCN. The number of hydrogen-bond donors (Lipinski definition) is 1. The minimum atomic E-state index is -0.140. The normalized spacial score (nSPS) is 10.9. The minimum Gasteiger partial charge on any atom is -0.463 e. The highest BCUT2D eigenvalue weighted by Gasteiger charge is 2.02. The second-order valence-electron chi connectivity index (χ2n) is 5.27. The maximum atomic E-state index is 11.4. The van der Waals surface area contributed by atoms with Crippen molar-refractivity contribution in [3.63, 3.8) is 0 Å². The molecule has 0 radical (unpaired) electrons. The minimum absolute atomic E-state index is 0.140. The zero-order valence-corrected chi connectivity index (χ0v) is 15.1. The standard InChI is InChI=1S/C17H35NO6/c1-2-3-4-5-6-17(19)24-16-15-23-14-13-22-12-11-21-10-9-20-8-7-18/h2-16,18H2,1H3. The fourth-order valence-electron chi connectivity index (χ4n) is 1.83. The van der Waals surface area contributed by atoms with Crippen LogP contribution in [0.2, 0.25) is 0 Å². The Labute approximate surface area is 146 Å². The first-order valence-corrected chi connectivity index (χ1v) is 8.98. The summed E-state index contributed by atoms with van der Waals surface area (Å²) in [4.78, 5) is 11.4. The zero-order valence-electron chi connectivity index (χ0n) is 15.1. The van der Waals surface area contributed by atoms with Crippen molar-refractivity contribution >= 4 is 5.97 Å². The summed E-state index contributed by atoms with van der Waals surface area (Å²) in [5.41, 5.74) is 5.29. The van der Waals surface area contributed by atoms with Crippen molar-refractivity contribution in [3.8, 4) is 0 Å². The van der Waals surface area contributed by atoms with Crippen molar-refractivity contribution in [2.24, 2.45) is 5.73 Å². The highest BCUT2D eigenvalue weighted by atomic mass is 16.6. The number of unbranched alkanes of at least 4 members (excludes halogenated alkanes) is 3. The van der Waals surface area contributed by atoms with Gasteiger partial charge in [-0.3, -0.25) is 4.79 Å². The molecule has 2 N–H and O–H groups in total. The highest BCUT2D eigenvalue weighted by molar-refractivity contribution is 5.69. The van der Waals surface area contributed by atoms with Gasteiger partial charge in [0.2, 0.25) is 0 Å². The van der Waals surface area contributed by atoms with Crippen molar-refractivity contribution in [3.05, 3.63) is 0 Å². The Bertz CT molecular complexity index is 265. The largest absolute Gasteiger partial charge is 0.463 e. The second-order valence-corrected chi connectivity index (χ2v) is 5.27. The third-order valence-electron chi connectivity index (χ3n) is 3.10. The van der Waals surface area contributed by atoms with Gasteiger partial charge in [0.25, 0.3) is 0 Å². The van der Waals surface area contributed by atoms with Gasteiger partial charge in [-0.1, -0.05) is 26.2 Å². The molecule has 0 atom stereocenters. The first kappa shape index (κ1) is 23.3. The van der Waals surface area contributed by atoms with E-state index in [1.165, 1.54) is 12.8 Å². The number of rotatable bonds is 19. The Kier molecular flexibility index (Phi) is 19.7. The number of carbonyl (C=O) groups excluding carboxylic acids is 1. The number of esters is 1. The lowest BCUT2D eigenvalue weighted by molar-refractivity contribution is -0.145. The molecule has 0 rings (SSSR count). The Morgan fingerprint density at radius 3 is 1.71 bits per heavy atom. The predicted molar refractivity (Wildman–Crippen MR) is 92.0 cm³/mol. The predicted octanol–water partition coefficient (Wildman–Crippen LogP) is 1.53. The van der Waals surface area contributed by atoms with E-state index >= 15 is 0 Å². The van der Waals surface area contributed by atoms with E-state index < -0.39 is 0 Å². The molecule has 0 aromatic carbocycles. The average molecular weight is 349 g/mol. The van der Waals surface area contributed by atoms with Crippen LogP contribution in [0.4, 0.5) is 0 Å². The van der Waals surface area contributed by atoms with Crippen LogP contribution in [0, 0.1) is 0 Å². The zero-order chi connectivity index (χ0) is 17.7. The molecule has 0 fully saturated rings. The van der Waals surface area contributed by atoms with Gasteiger partial charge in [0, 0.05) is 13.0 Å². The number of nitrogens with two attached hydrogens (primary N) is 1. The molecule has 0 spiro atoms. The molecule has 0 aliphatic rings. The first-order valence-electron chi connectivity index (χ1n) is 8.98. The van der Waals surface area contributed by atoms with Crippen molar-refractivity contribution in [1.29, 1.82) is 0 Å². The third kappa shape index (κ3) is 19.3. The van der Waals surface area contributed by atoms with E-state index in [4.69, 9.17) is 29.4 Å². The van der Waals surface area contributed by atoms with E-state index in [1.807, 2.05) is 0 Å². The van der Waals surface area contributed by atoms with Crippen LogP contribution in [-0.4, -0.2) is 72.0 Å². The summed E-state index contributed by atoms with van der Waals surface area (Å²) < 4.78 is 26.2. The van der Waals surface area contributed by atoms with Crippen LogP contribution in [0.3, 0.4) is 0 Å². The summed E-state index contributed by atoms with van der Waals surface area (Å²) in [5.74, 6) is -0.140. The number of hydrogen-bond acceptors (Lipinski definition) is 7. The lowest BCUT2D eigenvalue weighted by atomic mass is 10.2. The fraction of sp³-hybridized carbons (Fsp3) is 0.941. The highest BCUT2D eigenvalue weighted by Crippen LogP contribution is 2.03. The molecule has 0 aliphatic heterocycles. The topological polar surface area (TPSA) is 89.2 Å². The molecule has 0 heterocycles. The quantitative estimate of drug-likeness (QED) is 0.279.